The topological polar surface area (TPSA) is 89.8 Å². The Morgan fingerprint density at radius 1 is 1.00 bits per heavy atom. The standard InChI is InChI=1S/C27H27N5O2S/c1-4-25(34)29-21-13-11-19(12-14-21)24(33)17-35-27-31-30-26(20-8-7-15-28-16-20)32(27)23-10-6-5-9-22(23)18(2)3/h5-16,18H,4,17H2,1-3H3,(H,29,34). The summed E-state index contributed by atoms with van der Waals surface area (Å²) >= 11 is 1.35. The molecular weight excluding hydrogens is 458 g/mol. The smallest absolute Gasteiger partial charge is 0.224 e. The molecule has 0 saturated heterocycles. The number of hydrogen-bond acceptors (Lipinski definition) is 6. The number of benzene rings is 2. The van der Waals surface area contributed by atoms with Gasteiger partial charge in [-0.3, -0.25) is 19.1 Å². The average Bonchev–Trinajstić information content (AvgIpc) is 3.32. The minimum Gasteiger partial charge on any atom is -0.326 e. The van der Waals surface area contributed by atoms with Gasteiger partial charge in [0.15, 0.2) is 16.8 Å². The first-order valence-electron chi connectivity index (χ1n) is 11.5. The molecule has 0 spiro atoms. The van der Waals surface area contributed by atoms with Crippen molar-refractivity contribution in [1.82, 2.24) is 19.7 Å². The molecule has 0 radical (unpaired) electrons. The number of para-hydroxylation sites is 1. The molecule has 1 N–H and O–H groups in total. The lowest BCUT2D eigenvalue weighted by molar-refractivity contribution is -0.115. The molecule has 0 fully saturated rings. The summed E-state index contributed by atoms with van der Waals surface area (Å²) in [5.41, 5.74) is 4.24. The molecule has 4 aromatic rings. The summed E-state index contributed by atoms with van der Waals surface area (Å²) in [5.74, 6) is 1.08. The maximum Gasteiger partial charge on any atom is 0.224 e. The minimum atomic E-state index is -0.0648. The number of hydrogen-bond donors (Lipinski definition) is 1. The fourth-order valence-electron chi connectivity index (χ4n) is 3.64. The van der Waals surface area contributed by atoms with Gasteiger partial charge in [-0.05, 0) is 53.9 Å². The van der Waals surface area contributed by atoms with Crippen LogP contribution < -0.4 is 5.32 Å². The lowest BCUT2D eigenvalue weighted by Gasteiger charge is -2.16. The van der Waals surface area contributed by atoms with Crippen LogP contribution in [0.4, 0.5) is 5.69 Å². The fraction of sp³-hybridized carbons (Fsp3) is 0.222. The van der Waals surface area contributed by atoms with Crippen LogP contribution in [0.1, 0.15) is 49.0 Å². The Hall–Kier alpha value is -3.78. The number of pyridine rings is 1. The SMILES string of the molecule is CCC(=O)Nc1ccc(C(=O)CSc2nnc(-c3cccnc3)n2-c2ccccc2C(C)C)cc1. The highest BCUT2D eigenvalue weighted by molar-refractivity contribution is 7.99. The number of nitrogens with one attached hydrogen (secondary N) is 1. The van der Waals surface area contributed by atoms with Crippen LogP contribution in [0.3, 0.4) is 0 Å². The van der Waals surface area contributed by atoms with Crippen molar-refractivity contribution in [1.29, 1.82) is 0 Å². The molecule has 0 unspecified atom stereocenters. The van der Waals surface area contributed by atoms with Gasteiger partial charge in [0.05, 0.1) is 11.4 Å². The van der Waals surface area contributed by atoms with E-state index in [1.165, 1.54) is 11.8 Å². The molecule has 0 bridgehead atoms. The second kappa shape index (κ2) is 11.1. The van der Waals surface area contributed by atoms with Gasteiger partial charge in [-0.1, -0.05) is 50.7 Å². The van der Waals surface area contributed by atoms with E-state index in [1.54, 1.807) is 43.6 Å². The van der Waals surface area contributed by atoms with Crippen molar-refractivity contribution >= 4 is 29.1 Å². The number of carbonyl (C=O) groups is 2. The summed E-state index contributed by atoms with van der Waals surface area (Å²) in [6.45, 7) is 6.09. The monoisotopic (exact) mass is 485 g/mol. The molecule has 1 amide bonds. The molecule has 8 heteroatoms. The van der Waals surface area contributed by atoms with E-state index >= 15 is 0 Å². The number of nitrogens with zero attached hydrogens (tertiary/aromatic N) is 4. The second-order valence-electron chi connectivity index (χ2n) is 8.29. The largest absolute Gasteiger partial charge is 0.326 e. The second-order valence-corrected chi connectivity index (χ2v) is 9.23. The number of amides is 1. The molecule has 2 aromatic heterocycles. The van der Waals surface area contributed by atoms with E-state index in [0.717, 1.165) is 16.8 Å². The van der Waals surface area contributed by atoms with E-state index < -0.39 is 0 Å². The van der Waals surface area contributed by atoms with Gasteiger partial charge in [0.2, 0.25) is 5.91 Å². The van der Waals surface area contributed by atoms with E-state index in [-0.39, 0.29) is 17.4 Å². The number of ketones is 1. The maximum atomic E-state index is 12.9. The van der Waals surface area contributed by atoms with Crippen LogP contribution in [0, 0.1) is 0 Å². The molecule has 0 aliphatic carbocycles. The van der Waals surface area contributed by atoms with Crippen LogP contribution in [-0.2, 0) is 4.79 Å². The van der Waals surface area contributed by atoms with Crippen molar-refractivity contribution in [3.8, 4) is 17.1 Å². The number of anilines is 1. The first-order chi connectivity index (χ1) is 17.0. The summed E-state index contributed by atoms with van der Waals surface area (Å²) in [6, 6.07) is 18.9. The van der Waals surface area contributed by atoms with E-state index in [0.29, 0.717) is 34.6 Å². The lowest BCUT2D eigenvalue weighted by atomic mass is 10.0. The van der Waals surface area contributed by atoms with Gasteiger partial charge < -0.3 is 5.32 Å². The minimum absolute atomic E-state index is 0.0296. The molecule has 2 aromatic carbocycles. The Labute approximate surface area is 209 Å². The first-order valence-corrected chi connectivity index (χ1v) is 12.5. The predicted octanol–water partition coefficient (Wildman–Crippen LogP) is 5.78. The zero-order valence-corrected chi connectivity index (χ0v) is 20.7. The van der Waals surface area contributed by atoms with Crippen molar-refractivity contribution in [2.75, 3.05) is 11.1 Å². The number of carbonyl (C=O) groups excluding carboxylic acids is 2. The predicted molar refractivity (Wildman–Crippen MR) is 139 cm³/mol. The number of aromatic nitrogens is 4. The number of thioether (sulfide) groups is 1. The summed E-state index contributed by atoms with van der Waals surface area (Å²) in [4.78, 5) is 28.7. The van der Waals surface area contributed by atoms with Crippen LogP contribution in [0.5, 0.6) is 0 Å². The molecular formula is C27H27N5O2S. The van der Waals surface area contributed by atoms with Gasteiger partial charge in [0.1, 0.15) is 0 Å². The van der Waals surface area contributed by atoms with Crippen LogP contribution in [0.15, 0.2) is 78.2 Å². The number of rotatable bonds is 9. The molecule has 178 valence electrons. The molecule has 0 aliphatic heterocycles. The molecule has 0 saturated carbocycles. The fourth-order valence-corrected chi connectivity index (χ4v) is 4.48. The third-order valence-electron chi connectivity index (χ3n) is 5.50. The molecule has 4 rings (SSSR count). The van der Waals surface area contributed by atoms with E-state index in [4.69, 9.17) is 0 Å². The summed E-state index contributed by atoms with van der Waals surface area (Å²) in [5, 5.41) is 12.3. The Morgan fingerprint density at radius 2 is 1.77 bits per heavy atom. The van der Waals surface area contributed by atoms with Gasteiger partial charge in [-0.25, -0.2) is 0 Å². The van der Waals surface area contributed by atoms with Crippen molar-refractivity contribution in [3.05, 3.63) is 84.2 Å². The third kappa shape index (κ3) is 5.66. The highest BCUT2D eigenvalue weighted by Gasteiger charge is 2.20. The molecule has 35 heavy (non-hydrogen) atoms. The first kappa shape index (κ1) is 24.3. The van der Waals surface area contributed by atoms with Crippen LogP contribution in [0.2, 0.25) is 0 Å². The molecule has 2 heterocycles. The Kier molecular flexibility index (Phi) is 7.72. The summed E-state index contributed by atoms with van der Waals surface area (Å²) < 4.78 is 2.01. The van der Waals surface area contributed by atoms with E-state index in [2.05, 4.69) is 40.4 Å². The number of Topliss-reactive ketones (excluding diaryl/α,β-unsaturated/α-hetero) is 1. The molecule has 7 nitrogen and oxygen atoms in total. The average molecular weight is 486 g/mol. The molecule has 0 aliphatic rings. The van der Waals surface area contributed by atoms with Crippen LogP contribution in [-0.4, -0.2) is 37.2 Å². The van der Waals surface area contributed by atoms with Gasteiger partial charge in [-0.15, -0.1) is 10.2 Å². The zero-order valence-electron chi connectivity index (χ0n) is 19.9. The third-order valence-corrected chi connectivity index (χ3v) is 6.43. The van der Waals surface area contributed by atoms with Crippen LogP contribution >= 0.6 is 11.8 Å². The summed E-state index contributed by atoms with van der Waals surface area (Å²) in [6.07, 6.45) is 3.88. The van der Waals surface area contributed by atoms with Gasteiger partial charge in [0, 0.05) is 35.6 Å². The van der Waals surface area contributed by atoms with Crippen molar-refractivity contribution in [2.24, 2.45) is 0 Å². The van der Waals surface area contributed by atoms with Crippen molar-refractivity contribution < 1.29 is 9.59 Å². The van der Waals surface area contributed by atoms with Gasteiger partial charge in [0.25, 0.3) is 0 Å². The van der Waals surface area contributed by atoms with E-state index in [9.17, 15) is 9.59 Å². The van der Waals surface area contributed by atoms with Crippen molar-refractivity contribution in [2.45, 2.75) is 38.3 Å². The lowest BCUT2D eigenvalue weighted by Crippen LogP contribution is -2.10. The maximum absolute atomic E-state index is 12.9. The Balaban J connectivity index is 1.62. The van der Waals surface area contributed by atoms with Gasteiger partial charge >= 0.3 is 0 Å². The highest BCUT2D eigenvalue weighted by Crippen LogP contribution is 2.32. The Bertz CT molecular complexity index is 1320. The van der Waals surface area contributed by atoms with Crippen molar-refractivity contribution in [3.63, 3.8) is 0 Å². The molecule has 0 atom stereocenters. The van der Waals surface area contributed by atoms with Crippen LogP contribution in [0.25, 0.3) is 17.1 Å². The summed E-state index contributed by atoms with van der Waals surface area (Å²) in [7, 11) is 0. The van der Waals surface area contributed by atoms with Gasteiger partial charge in [-0.2, -0.15) is 0 Å². The quantitative estimate of drug-likeness (QED) is 0.239. The zero-order chi connectivity index (χ0) is 24.8. The highest BCUT2D eigenvalue weighted by atomic mass is 32.2. The van der Waals surface area contributed by atoms with E-state index in [1.807, 2.05) is 34.9 Å². The Morgan fingerprint density at radius 3 is 2.46 bits per heavy atom. The normalized spacial score (nSPS) is 11.0.